The van der Waals surface area contributed by atoms with Crippen LogP contribution in [0.1, 0.15) is 27.2 Å². The number of likely N-dealkylation sites (tertiary alicyclic amines) is 1. The van der Waals surface area contributed by atoms with E-state index >= 15 is 0 Å². The number of amides is 1. The van der Waals surface area contributed by atoms with Gasteiger partial charge in [0.1, 0.15) is 5.60 Å². The highest BCUT2D eigenvalue weighted by Gasteiger charge is 2.48. The first-order valence-corrected chi connectivity index (χ1v) is 5.99. The molecular formula is C12H21NO3. The van der Waals surface area contributed by atoms with Gasteiger partial charge in [0, 0.05) is 19.7 Å². The Labute approximate surface area is 96.6 Å². The first-order valence-electron chi connectivity index (χ1n) is 5.99. The Bertz CT molecular complexity index is 284. The number of nitrogens with zero attached hydrogens (tertiary/aromatic N) is 1. The number of carbonyl (C=O) groups excluding carboxylic acids is 1. The Morgan fingerprint density at radius 1 is 1.44 bits per heavy atom. The molecule has 0 radical (unpaired) electrons. The lowest BCUT2D eigenvalue weighted by atomic mass is 9.67. The van der Waals surface area contributed by atoms with Crippen LogP contribution in [0.2, 0.25) is 0 Å². The van der Waals surface area contributed by atoms with Crippen molar-refractivity contribution < 1.29 is 14.6 Å². The number of ether oxygens (including phenoxy) is 1. The monoisotopic (exact) mass is 227 g/mol. The summed E-state index contributed by atoms with van der Waals surface area (Å²) in [5.74, 6) is 1.49. The van der Waals surface area contributed by atoms with Crippen molar-refractivity contribution in [1.29, 1.82) is 0 Å². The van der Waals surface area contributed by atoms with Crippen molar-refractivity contribution in [1.82, 2.24) is 4.90 Å². The van der Waals surface area contributed by atoms with E-state index in [9.17, 15) is 4.79 Å². The van der Waals surface area contributed by atoms with Crippen molar-refractivity contribution >= 4 is 6.09 Å². The normalized spacial score (nSPS) is 33.2. The standard InChI is InChI=1S/C12H21NO3/c1-12(2,3)16-11(15)13-5-8-4-9(7-14)10(8)6-13/h8-10,14H,4-7H2,1-3H3/t8-,9-,10+/m1/s1. The highest BCUT2D eigenvalue weighted by atomic mass is 16.6. The van der Waals surface area contributed by atoms with Crippen molar-refractivity contribution in [3.8, 4) is 0 Å². The van der Waals surface area contributed by atoms with E-state index in [1.165, 1.54) is 0 Å². The number of carbonyl (C=O) groups is 1. The summed E-state index contributed by atoms with van der Waals surface area (Å²) in [6.07, 6.45) is 0.846. The molecule has 0 unspecified atom stereocenters. The molecule has 0 spiro atoms. The summed E-state index contributed by atoms with van der Waals surface area (Å²) in [7, 11) is 0. The fourth-order valence-electron chi connectivity index (χ4n) is 2.73. The Balaban J connectivity index is 1.87. The number of fused-ring (bicyclic) bond motifs is 1. The van der Waals surface area contributed by atoms with E-state index < -0.39 is 5.60 Å². The van der Waals surface area contributed by atoms with E-state index in [2.05, 4.69) is 0 Å². The van der Waals surface area contributed by atoms with E-state index in [0.29, 0.717) is 17.8 Å². The second-order valence-corrected chi connectivity index (χ2v) is 5.99. The molecule has 2 fully saturated rings. The zero-order valence-electron chi connectivity index (χ0n) is 10.3. The van der Waals surface area contributed by atoms with E-state index in [0.717, 1.165) is 19.5 Å². The van der Waals surface area contributed by atoms with Crippen LogP contribution in [0, 0.1) is 17.8 Å². The van der Waals surface area contributed by atoms with Crippen molar-refractivity contribution in [2.24, 2.45) is 17.8 Å². The molecule has 16 heavy (non-hydrogen) atoms. The molecule has 0 aromatic rings. The molecule has 1 heterocycles. The summed E-state index contributed by atoms with van der Waals surface area (Å²) in [6, 6.07) is 0. The fraction of sp³-hybridized carbons (Fsp3) is 0.917. The van der Waals surface area contributed by atoms with Crippen LogP contribution in [-0.2, 0) is 4.74 Å². The highest BCUT2D eigenvalue weighted by Crippen LogP contribution is 2.45. The van der Waals surface area contributed by atoms with Gasteiger partial charge in [0.15, 0.2) is 0 Å². The molecule has 0 bridgehead atoms. The summed E-state index contributed by atoms with van der Waals surface area (Å²) < 4.78 is 5.34. The molecule has 1 amide bonds. The molecule has 0 aromatic carbocycles. The van der Waals surface area contributed by atoms with Gasteiger partial charge < -0.3 is 14.7 Å². The first kappa shape index (κ1) is 11.7. The molecule has 1 aliphatic carbocycles. The van der Waals surface area contributed by atoms with Gasteiger partial charge in [-0.2, -0.15) is 0 Å². The van der Waals surface area contributed by atoms with Gasteiger partial charge in [-0.25, -0.2) is 4.79 Å². The smallest absolute Gasteiger partial charge is 0.410 e. The van der Waals surface area contributed by atoms with E-state index in [-0.39, 0.29) is 12.7 Å². The molecule has 1 saturated carbocycles. The van der Waals surface area contributed by atoms with Crippen molar-refractivity contribution in [3.63, 3.8) is 0 Å². The Morgan fingerprint density at radius 3 is 2.69 bits per heavy atom. The lowest BCUT2D eigenvalue weighted by molar-refractivity contribution is 0.0283. The van der Waals surface area contributed by atoms with Crippen molar-refractivity contribution in [3.05, 3.63) is 0 Å². The summed E-state index contributed by atoms with van der Waals surface area (Å²) in [6.45, 7) is 7.45. The predicted octanol–water partition coefficient (Wildman–Crippen LogP) is 1.48. The summed E-state index contributed by atoms with van der Waals surface area (Å²) in [5.41, 5.74) is -0.422. The molecule has 2 aliphatic rings. The van der Waals surface area contributed by atoms with Gasteiger partial charge in [-0.15, -0.1) is 0 Å². The number of aliphatic hydroxyl groups excluding tert-OH is 1. The molecule has 3 atom stereocenters. The van der Waals surface area contributed by atoms with Crippen LogP contribution in [0.4, 0.5) is 4.79 Å². The minimum atomic E-state index is -0.422. The van der Waals surface area contributed by atoms with Gasteiger partial charge in [-0.05, 0) is 44.9 Å². The van der Waals surface area contributed by atoms with Crippen LogP contribution in [0.15, 0.2) is 0 Å². The quantitative estimate of drug-likeness (QED) is 0.738. The zero-order chi connectivity index (χ0) is 11.9. The van der Waals surface area contributed by atoms with Crippen molar-refractivity contribution in [2.45, 2.75) is 32.8 Å². The molecule has 1 aliphatic heterocycles. The maximum Gasteiger partial charge on any atom is 0.410 e. The molecular weight excluding hydrogens is 206 g/mol. The number of hydrogen-bond acceptors (Lipinski definition) is 3. The third-order valence-corrected chi connectivity index (χ3v) is 3.59. The maximum atomic E-state index is 11.8. The third kappa shape index (κ3) is 2.17. The SMILES string of the molecule is CC(C)(C)OC(=O)N1C[C@H]2C[C@H](CO)[C@H]2C1. The average Bonchev–Trinajstić information content (AvgIpc) is 2.43. The average molecular weight is 227 g/mol. The Morgan fingerprint density at radius 2 is 2.12 bits per heavy atom. The van der Waals surface area contributed by atoms with Crippen LogP contribution < -0.4 is 0 Å². The van der Waals surface area contributed by atoms with E-state index in [1.54, 1.807) is 4.90 Å². The largest absolute Gasteiger partial charge is 0.444 e. The summed E-state index contributed by atoms with van der Waals surface area (Å²) in [4.78, 5) is 13.6. The van der Waals surface area contributed by atoms with Crippen LogP contribution in [-0.4, -0.2) is 41.4 Å². The lowest BCUT2D eigenvalue weighted by Gasteiger charge is -2.37. The summed E-state index contributed by atoms with van der Waals surface area (Å²) >= 11 is 0. The number of rotatable bonds is 1. The molecule has 2 rings (SSSR count). The third-order valence-electron chi connectivity index (χ3n) is 3.59. The molecule has 0 aromatic heterocycles. The minimum Gasteiger partial charge on any atom is -0.444 e. The lowest BCUT2D eigenvalue weighted by Crippen LogP contribution is -2.37. The molecule has 4 heteroatoms. The molecule has 4 nitrogen and oxygen atoms in total. The van der Waals surface area contributed by atoms with Crippen LogP contribution >= 0.6 is 0 Å². The molecule has 1 N–H and O–H groups in total. The minimum absolute atomic E-state index is 0.210. The Kier molecular flexibility index (Phi) is 2.86. The second kappa shape index (κ2) is 3.91. The van der Waals surface area contributed by atoms with E-state index in [4.69, 9.17) is 9.84 Å². The van der Waals surface area contributed by atoms with Crippen LogP contribution in [0.3, 0.4) is 0 Å². The fourth-order valence-corrected chi connectivity index (χ4v) is 2.73. The van der Waals surface area contributed by atoms with Gasteiger partial charge in [-0.3, -0.25) is 0 Å². The highest BCUT2D eigenvalue weighted by molar-refractivity contribution is 5.68. The van der Waals surface area contributed by atoms with Crippen LogP contribution in [0.5, 0.6) is 0 Å². The van der Waals surface area contributed by atoms with Gasteiger partial charge in [0.05, 0.1) is 0 Å². The second-order valence-electron chi connectivity index (χ2n) is 5.99. The topological polar surface area (TPSA) is 49.8 Å². The predicted molar refractivity (Wildman–Crippen MR) is 60.0 cm³/mol. The molecule has 92 valence electrons. The van der Waals surface area contributed by atoms with Gasteiger partial charge in [-0.1, -0.05) is 0 Å². The van der Waals surface area contributed by atoms with Gasteiger partial charge in [0.25, 0.3) is 0 Å². The number of aliphatic hydroxyl groups is 1. The number of hydrogen-bond donors (Lipinski definition) is 1. The van der Waals surface area contributed by atoms with Crippen molar-refractivity contribution in [2.75, 3.05) is 19.7 Å². The van der Waals surface area contributed by atoms with E-state index in [1.807, 2.05) is 20.8 Å². The van der Waals surface area contributed by atoms with Crippen LogP contribution in [0.25, 0.3) is 0 Å². The first-order chi connectivity index (χ1) is 7.40. The van der Waals surface area contributed by atoms with Gasteiger partial charge >= 0.3 is 6.09 Å². The Hall–Kier alpha value is -0.770. The zero-order valence-corrected chi connectivity index (χ0v) is 10.3. The summed E-state index contributed by atoms with van der Waals surface area (Å²) in [5, 5.41) is 9.11. The molecule has 1 saturated heterocycles. The van der Waals surface area contributed by atoms with Gasteiger partial charge in [0.2, 0.25) is 0 Å². The maximum absolute atomic E-state index is 11.8.